The van der Waals surface area contributed by atoms with Gasteiger partial charge in [0.05, 0.1) is 35.2 Å². The number of ether oxygens (including phenoxy) is 1. The Balaban J connectivity index is 1.31. The number of benzene rings is 2. The van der Waals surface area contributed by atoms with Crippen molar-refractivity contribution in [3.8, 4) is 5.75 Å². The van der Waals surface area contributed by atoms with Gasteiger partial charge in [-0.05, 0) is 63.8 Å². The molecule has 1 aromatic heterocycles. The molecule has 0 radical (unpaired) electrons. The third-order valence-corrected chi connectivity index (χ3v) is 11.1. The van der Waals surface area contributed by atoms with Gasteiger partial charge < -0.3 is 20.9 Å². The van der Waals surface area contributed by atoms with Crippen LogP contribution in [-0.4, -0.2) is 70.9 Å². The SMILES string of the molecule is C=C=C(C[C@H](N=C(c1ccc(C=C)cc1)c1c(C)sc(C)c1C)C(=N)C(C)C(C)=N)NCCCOc1cccc2c1C(=O)N(C1CCC(=O)NC1=O)C2=O. The summed E-state index contributed by atoms with van der Waals surface area (Å²) in [4.78, 5) is 59.3. The number of piperidine rings is 1. The molecule has 54 heavy (non-hydrogen) atoms. The van der Waals surface area contributed by atoms with Crippen LogP contribution in [0.25, 0.3) is 6.08 Å². The highest BCUT2D eigenvalue weighted by atomic mass is 32.1. The largest absolute Gasteiger partial charge is 0.493 e. The van der Waals surface area contributed by atoms with Gasteiger partial charge in [0.15, 0.2) is 0 Å². The molecule has 3 atom stereocenters. The van der Waals surface area contributed by atoms with E-state index < -0.39 is 41.6 Å². The van der Waals surface area contributed by atoms with E-state index in [1.165, 1.54) is 10.9 Å². The van der Waals surface area contributed by atoms with E-state index in [1.807, 2.05) is 31.2 Å². The maximum atomic E-state index is 13.4. The zero-order valence-corrected chi connectivity index (χ0v) is 32.2. The third-order valence-electron chi connectivity index (χ3n) is 9.94. The van der Waals surface area contributed by atoms with Crippen LogP contribution in [0.15, 0.2) is 72.0 Å². The first-order valence-corrected chi connectivity index (χ1v) is 18.7. The van der Waals surface area contributed by atoms with Gasteiger partial charge in [0, 0.05) is 57.6 Å². The number of hydrogen-bond donors (Lipinski definition) is 4. The van der Waals surface area contributed by atoms with Crippen molar-refractivity contribution in [3.63, 3.8) is 0 Å². The summed E-state index contributed by atoms with van der Waals surface area (Å²) in [5.41, 5.74) is 9.46. The van der Waals surface area contributed by atoms with Crippen molar-refractivity contribution >= 4 is 58.2 Å². The van der Waals surface area contributed by atoms with Gasteiger partial charge in [-0.25, -0.2) is 0 Å². The fourth-order valence-electron chi connectivity index (χ4n) is 6.60. The van der Waals surface area contributed by atoms with E-state index in [0.717, 1.165) is 37.7 Å². The van der Waals surface area contributed by atoms with Crippen molar-refractivity contribution < 1.29 is 23.9 Å². The highest BCUT2D eigenvalue weighted by molar-refractivity contribution is 7.12. The summed E-state index contributed by atoms with van der Waals surface area (Å²) in [5, 5.41) is 23.1. The minimum absolute atomic E-state index is 0.0373. The van der Waals surface area contributed by atoms with Crippen LogP contribution in [0.1, 0.15) is 92.3 Å². The molecule has 0 saturated carbocycles. The predicted molar refractivity (Wildman–Crippen MR) is 213 cm³/mol. The van der Waals surface area contributed by atoms with Crippen LogP contribution in [-0.2, 0) is 9.59 Å². The van der Waals surface area contributed by atoms with Crippen molar-refractivity contribution in [1.29, 1.82) is 10.8 Å². The summed E-state index contributed by atoms with van der Waals surface area (Å²) in [6.45, 7) is 18.3. The van der Waals surface area contributed by atoms with E-state index >= 15 is 0 Å². The van der Waals surface area contributed by atoms with E-state index in [4.69, 9.17) is 15.1 Å². The third kappa shape index (κ3) is 8.25. The molecule has 2 aromatic carbocycles. The molecule has 1 saturated heterocycles. The Kier molecular flexibility index (Phi) is 12.4. The van der Waals surface area contributed by atoms with E-state index in [-0.39, 0.29) is 36.3 Å². The number of carbonyl (C=O) groups excluding carboxylic acids is 4. The smallest absolute Gasteiger partial charge is 0.266 e. The number of imide groups is 2. The number of rotatable bonds is 16. The second-order valence-electron chi connectivity index (χ2n) is 13.5. The molecule has 3 heterocycles. The van der Waals surface area contributed by atoms with Crippen molar-refractivity contribution in [2.45, 2.75) is 72.4 Å². The van der Waals surface area contributed by atoms with Crippen LogP contribution in [0.5, 0.6) is 5.75 Å². The normalized spacial score (nSPS) is 16.6. The van der Waals surface area contributed by atoms with Gasteiger partial charge in [0.25, 0.3) is 11.8 Å². The highest BCUT2D eigenvalue weighted by Gasteiger charge is 2.46. The Bertz CT molecular complexity index is 2120. The fraction of sp³-hybridized carbons (Fsp3) is 0.333. The molecule has 280 valence electrons. The quantitative estimate of drug-likeness (QED) is 0.0549. The molecule has 4 N–H and O–H groups in total. The number of aryl methyl sites for hydroxylation is 2. The van der Waals surface area contributed by atoms with Gasteiger partial charge >= 0.3 is 0 Å². The summed E-state index contributed by atoms with van der Waals surface area (Å²) in [7, 11) is 0. The van der Waals surface area contributed by atoms with Gasteiger partial charge in [0.2, 0.25) is 11.8 Å². The average molecular weight is 747 g/mol. The van der Waals surface area contributed by atoms with Crippen LogP contribution in [0.2, 0.25) is 0 Å². The maximum Gasteiger partial charge on any atom is 0.266 e. The first-order valence-electron chi connectivity index (χ1n) is 17.9. The number of nitrogens with zero attached hydrogens (tertiary/aromatic N) is 2. The van der Waals surface area contributed by atoms with E-state index in [9.17, 15) is 24.6 Å². The van der Waals surface area contributed by atoms with Crippen LogP contribution >= 0.6 is 11.3 Å². The summed E-state index contributed by atoms with van der Waals surface area (Å²) < 4.78 is 6.01. The molecule has 5 rings (SSSR count). The summed E-state index contributed by atoms with van der Waals surface area (Å²) >= 11 is 1.72. The van der Waals surface area contributed by atoms with Gasteiger partial charge in [-0.3, -0.25) is 34.4 Å². The molecule has 1 fully saturated rings. The zero-order valence-electron chi connectivity index (χ0n) is 31.4. The van der Waals surface area contributed by atoms with E-state index in [1.54, 1.807) is 36.5 Å². The lowest BCUT2D eigenvalue weighted by molar-refractivity contribution is -0.136. The molecule has 2 unspecified atom stereocenters. The standard InChI is InChI=1S/C42H46N6O5S/c1-8-28-14-16-29(17-15-28)39(36-24(4)26(6)54-27(36)7)46-32(38(44)23(3)25(5)43)22-30(9-2)45-20-11-21-53-34-13-10-12-31-37(34)42(52)48(41(31)51)33-18-19-35(49)47-40(33)50/h8,10,12-17,23,32-33,43-45H,1-2,11,18-22H2,3-7H3,(H,47,49,50)/t23?,32-,33?/m0/s1. The molecular weight excluding hydrogens is 701 g/mol. The van der Waals surface area contributed by atoms with E-state index in [2.05, 4.69) is 50.3 Å². The molecule has 3 aromatic rings. The Labute approximate surface area is 319 Å². The topological polar surface area (TPSA) is 165 Å². The molecular formula is C42H46N6O5S. The molecule has 0 aliphatic carbocycles. The first-order chi connectivity index (χ1) is 25.8. The number of hydrogen-bond acceptors (Lipinski definition) is 10. The lowest BCUT2D eigenvalue weighted by Crippen LogP contribution is -2.54. The predicted octanol–water partition coefficient (Wildman–Crippen LogP) is 6.74. The lowest BCUT2D eigenvalue weighted by Gasteiger charge is -2.27. The minimum atomic E-state index is -1.06. The second kappa shape index (κ2) is 17.0. The molecule has 2 aliphatic heterocycles. The van der Waals surface area contributed by atoms with Crippen LogP contribution in [0, 0.1) is 37.5 Å². The molecule has 4 amide bonds. The van der Waals surface area contributed by atoms with Crippen LogP contribution in [0.3, 0.4) is 0 Å². The monoisotopic (exact) mass is 746 g/mol. The fourth-order valence-corrected chi connectivity index (χ4v) is 7.67. The van der Waals surface area contributed by atoms with E-state index in [0.29, 0.717) is 36.5 Å². The number of nitrogens with one attached hydrogen (secondary N) is 4. The van der Waals surface area contributed by atoms with Gasteiger partial charge in [-0.15, -0.1) is 17.1 Å². The van der Waals surface area contributed by atoms with Crippen molar-refractivity contribution in [3.05, 3.63) is 110 Å². The summed E-state index contributed by atoms with van der Waals surface area (Å²) in [5.74, 6) is -2.52. The number of fused-ring (bicyclic) bond motifs is 1. The van der Waals surface area contributed by atoms with Gasteiger partial charge in [-0.1, -0.05) is 56.5 Å². The first kappa shape index (κ1) is 39.5. The molecule has 0 bridgehead atoms. The Morgan fingerprint density at radius 2 is 1.83 bits per heavy atom. The van der Waals surface area contributed by atoms with Gasteiger partial charge in [-0.2, -0.15) is 0 Å². The van der Waals surface area contributed by atoms with Crippen LogP contribution < -0.4 is 15.4 Å². The lowest BCUT2D eigenvalue weighted by atomic mass is 9.91. The minimum Gasteiger partial charge on any atom is -0.493 e. The molecule has 0 spiro atoms. The summed E-state index contributed by atoms with van der Waals surface area (Å²) in [6, 6.07) is 11.1. The number of aliphatic imine (C=N–C) groups is 1. The van der Waals surface area contributed by atoms with Crippen molar-refractivity contribution in [2.75, 3.05) is 13.2 Å². The number of thiophene rings is 1. The van der Waals surface area contributed by atoms with Gasteiger partial charge in [0.1, 0.15) is 11.8 Å². The Morgan fingerprint density at radius 1 is 1.11 bits per heavy atom. The number of amides is 4. The second-order valence-corrected chi connectivity index (χ2v) is 14.9. The summed E-state index contributed by atoms with van der Waals surface area (Å²) in [6.07, 6.45) is 2.70. The average Bonchev–Trinajstić information content (AvgIpc) is 3.56. The molecule has 11 nitrogen and oxygen atoms in total. The number of carbonyl (C=O) groups is 4. The highest BCUT2D eigenvalue weighted by Crippen LogP contribution is 2.34. The Hall–Kier alpha value is -5.71. The maximum absolute atomic E-state index is 13.4. The van der Waals surface area contributed by atoms with Crippen LogP contribution in [0.4, 0.5) is 0 Å². The molecule has 12 heteroatoms. The zero-order chi connectivity index (χ0) is 39.3. The molecule has 2 aliphatic rings. The van der Waals surface area contributed by atoms with Crippen molar-refractivity contribution in [2.24, 2.45) is 10.9 Å². The van der Waals surface area contributed by atoms with Crippen molar-refractivity contribution in [1.82, 2.24) is 15.5 Å². The Morgan fingerprint density at radius 3 is 2.44 bits per heavy atom.